The van der Waals surface area contributed by atoms with Gasteiger partial charge in [-0.15, -0.1) is 0 Å². The molecule has 0 amide bonds. The third-order valence-electron chi connectivity index (χ3n) is 2.93. The molecule has 0 spiro atoms. The fraction of sp³-hybridized carbons (Fsp3) is 0.438. The molecule has 0 aliphatic rings. The number of unbranched alkanes of at least 4 members (excludes halogenated alkanes) is 3. The van der Waals surface area contributed by atoms with E-state index in [1.54, 1.807) is 6.07 Å². The number of carbonyl (C=O) groups excluding carboxylic acids is 1. The molecule has 3 nitrogen and oxygen atoms in total. The van der Waals surface area contributed by atoms with E-state index in [2.05, 4.69) is 18.8 Å². The number of rotatable bonds is 4. The predicted molar refractivity (Wildman–Crippen MR) is 78.0 cm³/mol. The first-order chi connectivity index (χ1) is 9.10. The molecule has 0 radical (unpaired) electrons. The van der Waals surface area contributed by atoms with Crippen LogP contribution >= 0.6 is 0 Å². The van der Waals surface area contributed by atoms with Crippen LogP contribution in [0.2, 0.25) is 0 Å². The zero-order chi connectivity index (χ0) is 14.3. The molecule has 102 valence electrons. The van der Waals surface area contributed by atoms with Crippen molar-refractivity contribution in [2.75, 3.05) is 12.8 Å². The van der Waals surface area contributed by atoms with Gasteiger partial charge >= 0.3 is 5.97 Å². The summed E-state index contributed by atoms with van der Waals surface area (Å²) in [4.78, 5) is 11.5. The van der Waals surface area contributed by atoms with Gasteiger partial charge in [-0.05, 0) is 31.0 Å². The van der Waals surface area contributed by atoms with Crippen molar-refractivity contribution < 1.29 is 9.53 Å². The van der Waals surface area contributed by atoms with Crippen LogP contribution in [-0.4, -0.2) is 13.1 Å². The SMILES string of the molecule is CCCCCC#Cc1cc(C)c(C(=O)OC)cc1N. The number of anilines is 1. The lowest BCUT2D eigenvalue weighted by Gasteiger charge is -2.06. The van der Waals surface area contributed by atoms with Crippen LogP contribution in [0.15, 0.2) is 12.1 Å². The first kappa shape index (κ1) is 15.1. The first-order valence-electron chi connectivity index (χ1n) is 6.57. The van der Waals surface area contributed by atoms with Crippen molar-refractivity contribution in [3.05, 3.63) is 28.8 Å². The Morgan fingerprint density at radius 1 is 1.37 bits per heavy atom. The van der Waals surface area contributed by atoms with Gasteiger partial charge in [-0.3, -0.25) is 0 Å². The van der Waals surface area contributed by atoms with Gasteiger partial charge in [-0.25, -0.2) is 4.79 Å². The van der Waals surface area contributed by atoms with E-state index in [0.717, 1.165) is 24.0 Å². The molecule has 0 bridgehead atoms. The van der Waals surface area contributed by atoms with Crippen LogP contribution in [0.25, 0.3) is 0 Å². The molecule has 0 saturated heterocycles. The summed E-state index contributed by atoms with van der Waals surface area (Å²) in [5.41, 5.74) is 8.54. The Morgan fingerprint density at radius 2 is 2.11 bits per heavy atom. The summed E-state index contributed by atoms with van der Waals surface area (Å²) < 4.78 is 4.71. The van der Waals surface area contributed by atoms with Crippen molar-refractivity contribution in [1.29, 1.82) is 0 Å². The molecular weight excluding hydrogens is 238 g/mol. The minimum atomic E-state index is -0.369. The lowest BCUT2D eigenvalue weighted by molar-refractivity contribution is 0.0600. The minimum absolute atomic E-state index is 0.369. The average Bonchev–Trinajstić information content (AvgIpc) is 2.41. The van der Waals surface area contributed by atoms with E-state index in [-0.39, 0.29) is 5.97 Å². The van der Waals surface area contributed by atoms with Crippen LogP contribution in [-0.2, 0) is 4.74 Å². The van der Waals surface area contributed by atoms with Gasteiger partial charge in [0, 0.05) is 17.7 Å². The maximum Gasteiger partial charge on any atom is 0.338 e. The van der Waals surface area contributed by atoms with Crippen molar-refractivity contribution in [1.82, 2.24) is 0 Å². The van der Waals surface area contributed by atoms with E-state index < -0.39 is 0 Å². The van der Waals surface area contributed by atoms with Crippen molar-refractivity contribution in [2.24, 2.45) is 0 Å². The van der Waals surface area contributed by atoms with Gasteiger partial charge in [-0.1, -0.05) is 31.6 Å². The summed E-state index contributed by atoms with van der Waals surface area (Å²) in [6.07, 6.45) is 4.38. The van der Waals surface area contributed by atoms with Crippen LogP contribution in [0.5, 0.6) is 0 Å². The van der Waals surface area contributed by atoms with Gasteiger partial charge in [0.2, 0.25) is 0 Å². The fourth-order valence-corrected chi connectivity index (χ4v) is 1.78. The maximum atomic E-state index is 11.5. The van der Waals surface area contributed by atoms with E-state index >= 15 is 0 Å². The second-order valence-electron chi connectivity index (χ2n) is 4.50. The second kappa shape index (κ2) is 7.48. The van der Waals surface area contributed by atoms with Crippen LogP contribution in [0.3, 0.4) is 0 Å². The third kappa shape index (κ3) is 4.33. The average molecular weight is 259 g/mol. The Balaban J connectivity index is 2.87. The highest BCUT2D eigenvalue weighted by Crippen LogP contribution is 2.18. The summed E-state index contributed by atoms with van der Waals surface area (Å²) >= 11 is 0. The molecule has 0 unspecified atom stereocenters. The molecule has 0 aliphatic carbocycles. The highest BCUT2D eigenvalue weighted by atomic mass is 16.5. The number of carbonyl (C=O) groups is 1. The molecule has 1 aromatic carbocycles. The molecule has 3 heteroatoms. The Hall–Kier alpha value is -1.95. The summed E-state index contributed by atoms with van der Waals surface area (Å²) in [7, 11) is 1.36. The number of nitrogens with two attached hydrogens (primary N) is 1. The van der Waals surface area contributed by atoms with Gasteiger partial charge in [0.15, 0.2) is 0 Å². The molecule has 0 atom stereocenters. The van der Waals surface area contributed by atoms with Crippen LogP contribution in [0, 0.1) is 18.8 Å². The second-order valence-corrected chi connectivity index (χ2v) is 4.50. The molecule has 0 fully saturated rings. The Labute approximate surface area is 115 Å². The smallest absolute Gasteiger partial charge is 0.338 e. The van der Waals surface area contributed by atoms with Crippen molar-refractivity contribution in [2.45, 2.75) is 39.5 Å². The maximum absolute atomic E-state index is 11.5. The van der Waals surface area contributed by atoms with Gasteiger partial charge in [0.05, 0.1) is 12.7 Å². The van der Waals surface area contributed by atoms with Gasteiger partial charge in [0.1, 0.15) is 0 Å². The standard InChI is InChI=1S/C16H21NO2/c1-4-5-6-7-8-9-13-10-12(2)14(11-15(13)17)16(18)19-3/h10-11H,4-7,17H2,1-3H3. The Bertz CT molecular complexity index is 509. The Morgan fingerprint density at radius 3 is 2.74 bits per heavy atom. The number of hydrogen-bond donors (Lipinski definition) is 1. The molecular formula is C16H21NO2. The summed E-state index contributed by atoms with van der Waals surface area (Å²) in [5, 5.41) is 0. The highest BCUT2D eigenvalue weighted by Gasteiger charge is 2.11. The zero-order valence-electron chi connectivity index (χ0n) is 11.9. The molecule has 1 rings (SSSR count). The molecule has 0 heterocycles. The van der Waals surface area contributed by atoms with Gasteiger partial charge in [-0.2, -0.15) is 0 Å². The zero-order valence-corrected chi connectivity index (χ0v) is 11.9. The number of benzene rings is 1. The highest BCUT2D eigenvalue weighted by molar-refractivity contribution is 5.92. The predicted octanol–water partition coefficient (Wildman–Crippen LogP) is 3.30. The van der Waals surface area contributed by atoms with E-state index in [9.17, 15) is 4.79 Å². The number of methoxy groups -OCH3 is 1. The molecule has 2 N–H and O–H groups in total. The number of nitrogen functional groups attached to an aromatic ring is 1. The lowest BCUT2D eigenvalue weighted by Crippen LogP contribution is -2.06. The number of aryl methyl sites for hydroxylation is 1. The monoisotopic (exact) mass is 259 g/mol. The molecule has 19 heavy (non-hydrogen) atoms. The molecule has 0 aromatic heterocycles. The summed E-state index contributed by atoms with van der Waals surface area (Å²) in [6.45, 7) is 4.02. The topological polar surface area (TPSA) is 52.3 Å². The van der Waals surface area contributed by atoms with Crippen LogP contribution in [0.4, 0.5) is 5.69 Å². The largest absolute Gasteiger partial charge is 0.465 e. The third-order valence-corrected chi connectivity index (χ3v) is 2.93. The number of esters is 1. The van der Waals surface area contributed by atoms with Gasteiger partial charge in [0.25, 0.3) is 0 Å². The normalized spacial score (nSPS) is 9.63. The van der Waals surface area contributed by atoms with Crippen LogP contribution in [0.1, 0.15) is 54.1 Å². The summed E-state index contributed by atoms with van der Waals surface area (Å²) in [5.74, 6) is 5.82. The van der Waals surface area contributed by atoms with Crippen LogP contribution < -0.4 is 5.73 Å². The van der Waals surface area contributed by atoms with E-state index in [0.29, 0.717) is 11.3 Å². The van der Waals surface area contributed by atoms with E-state index in [1.807, 2.05) is 13.0 Å². The van der Waals surface area contributed by atoms with Crippen molar-refractivity contribution in [3.8, 4) is 11.8 Å². The van der Waals surface area contributed by atoms with Gasteiger partial charge < -0.3 is 10.5 Å². The summed E-state index contributed by atoms with van der Waals surface area (Å²) in [6, 6.07) is 3.48. The fourth-order valence-electron chi connectivity index (χ4n) is 1.78. The molecule has 1 aromatic rings. The van der Waals surface area contributed by atoms with Crippen molar-refractivity contribution >= 4 is 11.7 Å². The van der Waals surface area contributed by atoms with Crippen molar-refractivity contribution in [3.63, 3.8) is 0 Å². The number of ether oxygens (including phenoxy) is 1. The molecule has 0 aliphatic heterocycles. The van der Waals surface area contributed by atoms with E-state index in [4.69, 9.17) is 10.5 Å². The lowest BCUT2D eigenvalue weighted by atomic mass is 10.0. The molecule has 0 saturated carbocycles. The minimum Gasteiger partial charge on any atom is -0.465 e. The quantitative estimate of drug-likeness (QED) is 0.390. The Kier molecular flexibility index (Phi) is 5.95. The van der Waals surface area contributed by atoms with E-state index in [1.165, 1.54) is 20.0 Å². The number of hydrogen-bond acceptors (Lipinski definition) is 3. The first-order valence-corrected chi connectivity index (χ1v) is 6.57.